The summed E-state index contributed by atoms with van der Waals surface area (Å²) < 4.78 is 0. The summed E-state index contributed by atoms with van der Waals surface area (Å²) in [6, 6.07) is 17.5. The molecule has 5 nitrogen and oxygen atoms in total. The normalized spacial score (nSPS) is 16.8. The number of nitrogens with one attached hydrogen (secondary N) is 1. The van der Waals surface area contributed by atoms with Gasteiger partial charge in [-0.1, -0.05) is 42.5 Å². The Kier molecular flexibility index (Phi) is 5.03. The first kappa shape index (κ1) is 17.0. The standard InChI is InChI=1S/C20H23N3O2/c1-22(2)18-11-7-6-10-17(18)21-20(25)16-12-19(24)23(14-16)13-15-8-4-3-5-9-15/h3-11,16H,12-14H2,1-2H3,(H,21,25). The number of para-hydroxylation sites is 2. The van der Waals surface area contributed by atoms with E-state index < -0.39 is 0 Å². The Morgan fingerprint density at radius 2 is 1.80 bits per heavy atom. The minimum atomic E-state index is -0.313. The first-order chi connectivity index (χ1) is 12.0. The number of benzene rings is 2. The molecule has 0 radical (unpaired) electrons. The highest BCUT2D eigenvalue weighted by atomic mass is 16.2. The molecule has 1 fully saturated rings. The second-order valence-electron chi connectivity index (χ2n) is 6.56. The zero-order valence-corrected chi connectivity index (χ0v) is 14.6. The van der Waals surface area contributed by atoms with Crippen molar-refractivity contribution >= 4 is 23.2 Å². The molecule has 2 amide bonds. The van der Waals surface area contributed by atoms with Gasteiger partial charge in [0.25, 0.3) is 0 Å². The molecule has 1 aliphatic rings. The molecular weight excluding hydrogens is 314 g/mol. The van der Waals surface area contributed by atoms with Crippen LogP contribution in [0, 0.1) is 5.92 Å². The van der Waals surface area contributed by atoms with Crippen molar-refractivity contribution < 1.29 is 9.59 Å². The van der Waals surface area contributed by atoms with E-state index in [2.05, 4.69) is 5.32 Å². The first-order valence-corrected chi connectivity index (χ1v) is 8.43. The lowest BCUT2D eigenvalue weighted by molar-refractivity contribution is -0.128. The van der Waals surface area contributed by atoms with Gasteiger partial charge in [0.2, 0.25) is 11.8 Å². The lowest BCUT2D eigenvalue weighted by atomic mass is 10.1. The Hall–Kier alpha value is -2.82. The van der Waals surface area contributed by atoms with Crippen LogP contribution in [0.2, 0.25) is 0 Å². The molecule has 0 bridgehead atoms. The predicted octanol–water partition coefficient (Wildman–Crippen LogP) is 2.74. The van der Waals surface area contributed by atoms with Crippen LogP contribution in [-0.2, 0) is 16.1 Å². The van der Waals surface area contributed by atoms with E-state index in [1.807, 2.05) is 73.6 Å². The summed E-state index contributed by atoms with van der Waals surface area (Å²) in [6.45, 7) is 1.02. The van der Waals surface area contributed by atoms with Gasteiger partial charge in [-0.15, -0.1) is 0 Å². The molecule has 0 saturated carbocycles. The van der Waals surface area contributed by atoms with Gasteiger partial charge in [-0.25, -0.2) is 0 Å². The first-order valence-electron chi connectivity index (χ1n) is 8.43. The van der Waals surface area contributed by atoms with Crippen molar-refractivity contribution in [1.82, 2.24) is 4.90 Å². The lowest BCUT2D eigenvalue weighted by Crippen LogP contribution is -2.28. The van der Waals surface area contributed by atoms with Crippen LogP contribution in [0.3, 0.4) is 0 Å². The maximum absolute atomic E-state index is 12.6. The maximum Gasteiger partial charge on any atom is 0.229 e. The number of hydrogen-bond donors (Lipinski definition) is 1. The van der Waals surface area contributed by atoms with Gasteiger partial charge in [0.15, 0.2) is 0 Å². The van der Waals surface area contributed by atoms with Gasteiger partial charge in [0, 0.05) is 33.6 Å². The number of amides is 2. The van der Waals surface area contributed by atoms with Crippen molar-refractivity contribution in [2.24, 2.45) is 5.92 Å². The van der Waals surface area contributed by atoms with Crippen LogP contribution in [0.25, 0.3) is 0 Å². The Morgan fingerprint density at radius 3 is 2.52 bits per heavy atom. The van der Waals surface area contributed by atoms with Crippen LogP contribution >= 0.6 is 0 Å². The fraction of sp³-hybridized carbons (Fsp3) is 0.300. The van der Waals surface area contributed by atoms with E-state index >= 15 is 0 Å². The van der Waals surface area contributed by atoms with E-state index in [0.717, 1.165) is 16.9 Å². The third-order valence-electron chi connectivity index (χ3n) is 4.45. The fourth-order valence-corrected chi connectivity index (χ4v) is 3.11. The third kappa shape index (κ3) is 3.99. The van der Waals surface area contributed by atoms with Crippen molar-refractivity contribution in [3.63, 3.8) is 0 Å². The van der Waals surface area contributed by atoms with E-state index in [9.17, 15) is 9.59 Å². The van der Waals surface area contributed by atoms with Crippen LogP contribution in [0.5, 0.6) is 0 Å². The molecule has 2 aromatic carbocycles. The molecule has 0 spiro atoms. The van der Waals surface area contributed by atoms with E-state index in [1.165, 1.54) is 0 Å². The molecule has 1 aliphatic heterocycles. The van der Waals surface area contributed by atoms with Crippen LogP contribution < -0.4 is 10.2 Å². The SMILES string of the molecule is CN(C)c1ccccc1NC(=O)C1CC(=O)N(Cc2ccccc2)C1. The summed E-state index contributed by atoms with van der Waals surface area (Å²) in [5.41, 5.74) is 2.79. The van der Waals surface area contributed by atoms with Gasteiger partial charge in [-0.3, -0.25) is 9.59 Å². The van der Waals surface area contributed by atoms with Gasteiger partial charge < -0.3 is 15.1 Å². The second kappa shape index (κ2) is 7.38. The van der Waals surface area contributed by atoms with Gasteiger partial charge in [-0.2, -0.15) is 0 Å². The van der Waals surface area contributed by atoms with Crippen molar-refractivity contribution in [3.05, 3.63) is 60.2 Å². The van der Waals surface area contributed by atoms with E-state index in [4.69, 9.17) is 0 Å². The topological polar surface area (TPSA) is 52.7 Å². The molecule has 0 aliphatic carbocycles. The van der Waals surface area contributed by atoms with Crippen molar-refractivity contribution in [1.29, 1.82) is 0 Å². The minimum absolute atomic E-state index is 0.0323. The summed E-state index contributed by atoms with van der Waals surface area (Å²) >= 11 is 0. The molecule has 1 atom stereocenters. The number of nitrogens with zero attached hydrogens (tertiary/aromatic N) is 2. The molecule has 1 unspecified atom stereocenters. The summed E-state index contributed by atoms with van der Waals surface area (Å²) in [5.74, 6) is -0.380. The van der Waals surface area contributed by atoms with Crippen LogP contribution in [0.15, 0.2) is 54.6 Å². The average Bonchev–Trinajstić information content (AvgIpc) is 2.97. The fourth-order valence-electron chi connectivity index (χ4n) is 3.11. The number of anilines is 2. The highest BCUT2D eigenvalue weighted by molar-refractivity contribution is 5.99. The van der Waals surface area contributed by atoms with Crippen LogP contribution in [-0.4, -0.2) is 37.4 Å². The van der Waals surface area contributed by atoms with Gasteiger partial charge >= 0.3 is 0 Å². The molecule has 2 aromatic rings. The average molecular weight is 337 g/mol. The molecule has 3 rings (SSSR count). The maximum atomic E-state index is 12.6. The molecule has 1 heterocycles. The van der Waals surface area contributed by atoms with Crippen LogP contribution in [0.4, 0.5) is 11.4 Å². The molecular formula is C20H23N3O2. The number of hydrogen-bond acceptors (Lipinski definition) is 3. The van der Waals surface area contributed by atoms with Gasteiger partial charge in [0.05, 0.1) is 17.3 Å². The zero-order chi connectivity index (χ0) is 17.8. The second-order valence-corrected chi connectivity index (χ2v) is 6.56. The molecule has 5 heteroatoms. The van der Waals surface area contributed by atoms with Crippen LogP contribution in [0.1, 0.15) is 12.0 Å². The molecule has 1 saturated heterocycles. The summed E-state index contributed by atoms with van der Waals surface area (Å²) in [6.07, 6.45) is 0.267. The monoisotopic (exact) mass is 337 g/mol. The van der Waals surface area contributed by atoms with Crippen molar-refractivity contribution in [2.45, 2.75) is 13.0 Å². The molecule has 25 heavy (non-hydrogen) atoms. The Bertz CT molecular complexity index is 759. The van der Waals surface area contributed by atoms with E-state index in [1.54, 1.807) is 4.90 Å². The zero-order valence-electron chi connectivity index (χ0n) is 14.6. The number of likely N-dealkylation sites (tertiary alicyclic amines) is 1. The number of carbonyl (C=O) groups excluding carboxylic acids is 2. The highest BCUT2D eigenvalue weighted by Crippen LogP contribution is 2.26. The van der Waals surface area contributed by atoms with Crippen molar-refractivity contribution in [2.75, 3.05) is 30.9 Å². The Labute approximate surface area is 148 Å². The summed E-state index contributed by atoms with van der Waals surface area (Å²) in [4.78, 5) is 28.6. The number of rotatable bonds is 5. The smallest absolute Gasteiger partial charge is 0.229 e. The van der Waals surface area contributed by atoms with Gasteiger partial charge in [0.1, 0.15) is 0 Å². The summed E-state index contributed by atoms with van der Waals surface area (Å²) in [5, 5.41) is 2.98. The lowest BCUT2D eigenvalue weighted by Gasteiger charge is -2.19. The van der Waals surface area contributed by atoms with Crippen molar-refractivity contribution in [3.8, 4) is 0 Å². The Balaban J connectivity index is 1.65. The molecule has 1 N–H and O–H groups in total. The largest absolute Gasteiger partial charge is 0.376 e. The van der Waals surface area contributed by atoms with Gasteiger partial charge in [-0.05, 0) is 17.7 Å². The minimum Gasteiger partial charge on any atom is -0.376 e. The predicted molar refractivity (Wildman–Crippen MR) is 99.4 cm³/mol. The quantitative estimate of drug-likeness (QED) is 0.913. The van der Waals surface area contributed by atoms with E-state index in [-0.39, 0.29) is 24.2 Å². The molecule has 0 aromatic heterocycles. The molecule has 130 valence electrons. The Morgan fingerprint density at radius 1 is 1.12 bits per heavy atom. The highest BCUT2D eigenvalue weighted by Gasteiger charge is 2.34. The summed E-state index contributed by atoms with van der Waals surface area (Å²) in [7, 11) is 3.87. The van der Waals surface area contributed by atoms with E-state index in [0.29, 0.717) is 13.1 Å². The number of carbonyl (C=O) groups is 2. The third-order valence-corrected chi connectivity index (χ3v) is 4.45.